The lowest BCUT2D eigenvalue weighted by Gasteiger charge is -2.31. The Morgan fingerprint density at radius 2 is 1.88 bits per heavy atom. The molecule has 1 fully saturated rings. The van der Waals surface area contributed by atoms with E-state index in [4.69, 9.17) is 4.74 Å². The minimum Gasteiger partial charge on any atom is -0.495 e. The van der Waals surface area contributed by atoms with Gasteiger partial charge >= 0.3 is 0 Å². The summed E-state index contributed by atoms with van der Waals surface area (Å²) in [4.78, 5) is 15.1. The Bertz CT molecular complexity index is 764. The van der Waals surface area contributed by atoms with Gasteiger partial charge in [0.2, 0.25) is 5.91 Å². The molecule has 0 saturated carbocycles. The lowest BCUT2D eigenvalue weighted by molar-refractivity contribution is -0.121. The van der Waals surface area contributed by atoms with Crippen molar-refractivity contribution in [3.05, 3.63) is 59.2 Å². The molecule has 138 valence electrons. The van der Waals surface area contributed by atoms with Crippen molar-refractivity contribution >= 4 is 11.6 Å². The summed E-state index contributed by atoms with van der Waals surface area (Å²) in [5.41, 5.74) is 4.78. The number of rotatable bonds is 5. The Labute approximate surface area is 156 Å². The molecule has 2 aromatic carbocycles. The minimum absolute atomic E-state index is 0.0646. The van der Waals surface area contributed by atoms with Gasteiger partial charge in [-0.15, -0.1) is 0 Å². The molecule has 1 N–H and O–H groups in total. The third-order valence-corrected chi connectivity index (χ3v) is 5.22. The normalized spacial score (nSPS) is 15.7. The van der Waals surface area contributed by atoms with Crippen molar-refractivity contribution in [1.82, 2.24) is 4.90 Å². The molecule has 4 nitrogen and oxygen atoms in total. The molecular weight excluding hydrogens is 324 g/mol. The Hall–Kier alpha value is -2.33. The Balaban J connectivity index is 1.54. The minimum atomic E-state index is 0.0646. The summed E-state index contributed by atoms with van der Waals surface area (Å²) in [6.45, 7) is 7.18. The van der Waals surface area contributed by atoms with Crippen LogP contribution in [0.15, 0.2) is 42.5 Å². The zero-order valence-electron chi connectivity index (χ0n) is 15.9. The van der Waals surface area contributed by atoms with Gasteiger partial charge in [0, 0.05) is 12.5 Å². The van der Waals surface area contributed by atoms with E-state index in [9.17, 15) is 4.79 Å². The van der Waals surface area contributed by atoms with Gasteiger partial charge in [0.15, 0.2) is 0 Å². The number of hydrogen-bond donors (Lipinski definition) is 1. The van der Waals surface area contributed by atoms with Gasteiger partial charge in [-0.05, 0) is 63.0 Å². The smallest absolute Gasteiger partial charge is 0.227 e. The monoisotopic (exact) mass is 352 g/mol. The van der Waals surface area contributed by atoms with E-state index in [1.54, 1.807) is 7.11 Å². The molecule has 0 atom stereocenters. The summed E-state index contributed by atoms with van der Waals surface area (Å²) >= 11 is 0. The molecule has 2 aromatic rings. The van der Waals surface area contributed by atoms with Crippen molar-refractivity contribution in [2.24, 2.45) is 5.92 Å². The number of amides is 1. The molecule has 0 spiro atoms. The van der Waals surface area contributed by atoms with Crippen LogP contribution >= 0.6 is 0 Å². The van der Waals surface area contributed by atoms with E-state index in [2.05, 4.69) is 42.3 Å². The molecule has 26 heavy (non-hydrogen) atoms. The summed E-state index contributed by atoms with van der Waals surface area (Å²) in [6.07, 6.45) is 1.79. The lowest BCUT2D eigenvalue weighted by Crippen LogP contribution is -2.37. The van der Waals surface area contributed by atoms with E-state index >= 15 is 0 Å². The number of carbonyl (C=O) groups excluding carboxylic acids is 1. The van der Waals surface area contributed by atoms with Gasteiger partial charge in [0.1, 0.15) is 5.75 Å². The summed E-state index contributed by atoms with van der Waals surface area (Å²) in [7, 11) is 1.62. The van der Waals surface area contributed by atoms with Crippen molar-refractivity contribution in [2.75, 3.05) is 25.5 Å². The number of hydrogen-bond acceptors (Lipinski definition) is 3. The molecule has 1 aliphatic heterocycles. The maximum atomic E-state index is 12.6. The highest BCUT2D eigenvalue weighted by Crippen LogP contribution is 2.26. The molecule has 0 radical (unpaired) electrons. The van der Waals surface area contributed by atoms with Crippen molar-refractivity contribution in [3.63, 3.8) is 0 Å². The van der Waals surface area contributed by atoms with Crippen LogP contribution in [0, 0.1) is 19.8 Å². The van der Waals surface area contributed by atoms with Crippen LogP contribution in [-0.2, 0) is 11.3 Å². The molecule has 0 aliphatic carbocycles. The molecular formula is C22H28N2O2. The number of aryl methyl sites for hydroxylation is 2. The van der Waals surface area contributed by atoms with Crippen LogP contribution in [-0.4, -0.2) is 31.0 Å². The molecule has 1 aliphatic rings. The first-order chi connectivity index (χ1) is 12.6. The number of carbonyl (C=O) groups is 1. The molecule has 1 heterocycles. The highest BCUT2D eigenvalue weighted by Gasteiger charge is 2.25. The van der Waals surface area contributed by atoms with Crippen molar-refractivity contribution in [3.8, 4) is 5.75 Å². The third-order valence-electron chi connectivity index (χ3n) is 5.22. The Morgan fingerprint density at radius 1 is 1.15 bits per heavy atom. The number of methoxy groups -OCH3 is 1. The number of nitrogens with one attached hydrogen (secondary N) is 1. The van der Waals surface area contributed by atoms with Gasteiger partial charge in [0.05, 0.1) is 12.8 Å². The zero-order valence-corrected chi connectivity index (χ0v) is 15.9. The van der Waals surface area contributed by atoms with E-state index in [0.717, 1.165) is 38.2 Å². The first-order valence-corrected chi connectivity index (χ1v) is 9.29. The standard InChI is InChI=1S/C22H28N2O2/c1-16-8-9-17(2)19(14-16)15-24-12-10-18(11-13-24)22(25)23-20-6-4-5-7-21(20)26-3/h4-9,14,18H,10-13,15H2,1-3H3,(H,23,25). The highest BCUT2D eigenvalue weighted by atomic mass is 16.5. The number of piperidine rings is 1. The molecule has 1 saturated heterocycles. The molecule has 0 unspecified atom stereocenters. The van der Waals surface area contributed by atoms with Crippen molar-refractivity contribution in [1.29, 1.82) is 0 Å². The van der Waals surface area contributed by atoms with Crippen LogP contribution in [0.2, 0.25) is 0 Å². The van der Waals surface area contributed by atoms with Gasteiger partial charge in [-0.1, -0.05) is 35.9 Å². The topological polar surface area (TPSA) is 41.6 Å². The van der Waals surface area contributed by atoms with Crippen molar-refractivity contribution in [2.45, 2.75) is 33.2 Å². The number of para-hydroxylation sites is 2. The highest BCUT2D eigenvalue weighted by molar-refractivity contribution is 5.94. The van der Waals surface area contributed by atoms with E-state index < -0.39 is 0 Å². The largest absolute Gasteiger partial charge is 0.495 e. The lowest BCUT2D eigenvalue weighted by atomic mass is 9.95. The van der Waals surface area contributed by atoms with Crippen molar-refractivity contribution < 1.29 is 9.53 Å². The van der Waals surface area contributed by atoms with E-state index in [1.165, 1.54) is 16.7 Å². The molecule has 0 aromatic heterocycles. The van der Waals surface area contributed by atoms with Gasteiger partial charge in [0.25, 0.3) is 0 Å². The van der Waals surface area contributed by atoms with Crippen LogP contribution in [0.1, 0.15) is 29.5 Å². The summed E-state index contributed by atoms with van der Waals surface area (Å²) < 4.78 is 5.31. The van der Waals surface area contributed by atoms with E-state index in [1.807, 2.05) is 24.3 Å². The van der Waals surface area contributed by atoms with Gasteiger partial charge < -0.3 is 10.1 Å². The number of anilines is 1. The number of benzene rings is 2. The van der Waals surface area contributed by atoms with Crippen LogP contribution in [0.3, 0.4) is 0 Å². The third kappa shape index (κ3) is 4.44. The fourth-order valence-corrected chi connectivity index (χ4v) is 3.55. The van der Waals surface area contributed by atoms with Crippen LogP contribution in [0.25, 0.3) is 0 Å². The fraction of sp³-hybridized carbons (Fsp3) is 0.409. The Morgan fingerprint density at radius 3 is 2.62 bits per heavy atom. The van der Waals surface area contributed by atoms with Crippen LogP contribution in [0.4, 0.5) is 5.69 Å². The van der Waals surface area contributed by atoms with E-state index in [-0.39, 0.29) is 11.8 Å². The summed E-state index contributed by atoms with van der Waals surface area (Å²) in [5, 5.41) is 3.03. The average Bonchev–Trinajstić information content (AvgIpc) is 2.65. The van der Waals surface area contributed by atoms with Gasteiger partial charge in [-0.3, -0.25) is 9.69 Å². The second-order valence-electron chi connectivity index (χ2n) is 7.17. The maximum absolute atomic E-state index is 12.6. The van der Waals surface area contributed by atoms with Crippen LogP contribution in [0.5, 0.6) is 5.75 Å². The van der Waals surface area contributed by atoms with Gasteiger partial charge in [-0.25, -0.2) is 0 Å². The predicted octanol–water partition coefficient (Wildman–Crippen LogP) is 4.16. The average molecular weight is 352 g/mol. The second-order valence-corrected chi connectivity index (χ2v) is 7.17. The second kappa shape index (κ2) is 8.37. The maximum Gasteiger partial charge on any atom is 0.227 e. The summed E-state index contributed by atoms with van der Waals surface area (Å²) in [6, 6.07) is 14.2. The van der Waals surface area contributed by atoms with Crippen LogP contribution < -0.4 is 10.1 Å². The SMILES string of the molecule is COc1ccccc1NC(=O)C1CCN(Cc2cc(C)ccc2C)CC1. The number of ether oxygens (including phenoxy) is 1. The summed E-state index contributed by atoms with van der Waals surface area (Å²) in [5.74, 6) is 0.865. The fourth-order valence-electron chi connectivity index (χ4n) is 3.55. The Kier molecular flexibility index (Phi) is 5.94. The molecule has 1 amide bonds. The molecule has 0 bridgehead atoms. The number of likely N-dealkylation sites (tertiary alicyclic amines) is 1. The van der Waals surface area contributed by atoms with Gasteiger partial charge in [-0.2, -0.15) is 0 Å². The predicted molar refractivity (Wildman–Crippen MR) is 106 cm³/mol. The zero-order chi connectivity index (χ0) is 18.5. The molecule has 3 rings (SSSR count). The number of nitrogens with zero attached hydrogens (tertiary/aromatic N) is 1. The quantitative estimate of drug-likeness (QED) is 0.878. The molecule has 4 heteroatoms. The van der Waals surface area contributed by atoms with E-state index in [0.29, 0.717) is 5.75 Å². The first-order valence-electron chi connectivity index (χ1n) is 9.29. The first kappa shape index (κ1) is 18.5.